The summed E-state index contributed by atoms with van der Waals surface area (Å²) in [6.45, 7) is 10.6. The predicted octanol–water partition coefficient (Wildman–Crippen LogP) is 6.39. The third kappa shape index (κ3) is 9.71. The molecule has 6 heterocycles. The molecule has 0 bridgehead atoms. The van der Waals surface area contributed by atoms with Crippen molar-refractivity contribution >= 4 is 52.3 Å². The fourth-order valence-corrected chi connectivity index (χ4v) is 10.3. The lowest BCUT2D eigenvalue weighted by atomic mass is 9.77. The zero-order valence-electron chi connectivity index (χ0n) is 36.8. The van der Waals surface area contributed by atoms with E-state index in [1.165, 1.54) is 4.90 Å². The van der Waals surface area contributed by atoms with Crippen LogP contribution < -0.4 is 20.9 Å². The van der Waals surface area contributed by atoms with Crippen LogP contribution in [0.2, 0.25) is 5.02 Å². The predicted molar refractivity (Wildman–Crippen MR) is 248 cm³/mol. The van der Waals surface area contributed by atoms with Crippen molar-refractivity contribution in [3.8, 4) is 32.7 Å². The standard InChI is InChI=1S/C48H56ClN9O5S/c1-30-42(64-29-53-30)34-9-7-31(8-10-34)23-52-44(61)39-22-36(59)28-58(39)45(62)43(47(2,3)4)55-40(60)6-5-19-57-27-35(24-54-57)32-11-13-33(14-12-32)37-25-50-26-38(49)41(37)56-20-16-48(17-21-56)15-18-51-46(48)63/h7-14,24-27,29,36,39,43,59H,5-6,15-23,28H2,1-4H3,(H,51,63)(H,52,61)(H,55,60)/t36-,39-,43?/m1/s1. The second-order valence-electron chi connectivity index (χ2n) is 18.4. The first-order valence-corrected chi connectivity index (χ1v) is 23.3. The third-order valence-corrected chi connectivity index (χ3v) is 14.2. The highest BCUT2D eigenvalue weighted by atomic mass is 35.5. The third-order valence-electron chi connectivity index (χ3n) is 12.9. The van der Waals surface area contributed by atoms with E-state index in [4.69, 9.17) is 11.6 Å². The van der Waals surface area contributed by atoms with Gasteiger partial charge in [0, 0.05) is 81.8 Å². The van der Waals surface area contributed by atoms with Gasteiger partial charge in [0.25, 0.3) is 0 Å². The molecule has 3 aliphatic heterocycles. The lowest BCUT2D eigenvalue weighted by Crippen LogP contribution is -2.57. The number of pyridine rings is 1. The number of aromatic nitrogens is 4. The molecule has 3 aliphatic rings. The van der Waals surface area contributed by atoms with Gasteiger partial charge in [-0.15, -0.1) is 11.3 Å². The fraction of sp³-hybridized carbons (Fsp3) is 0.438. The topological polar surface area (TPSA) is 175 Å². The second kappa shape index (κ2) is 18.8. The van der Waals surface area contributed by atoms with E-state index in [2.05, 4.69) is 48.0 Å². The Morgan fingerprint density at radius 2 is 1.70 bits per heavy atom. The molecule has 4 amide bonds. The highest BCUT2D eigenvalue weighted by Gasteiger charge is 2.46. The number of likely N-dealkylation sites (tertiary alicyclic amines) is 1. The Morgan fingerprint density at radius 3 is 2.38 bits per heavy atom. The first-order valence-electron chi connectivity index (χ1n) is 22.0. The van der Waals surface area contributed by atoms with Crippen molar-refractivity contribution in [3.05, 3.63) is 95.1 Å². The molecule has 0 saturated carbocycles. The lowest BCUT2D eigenvalue weighted by Gasteiger charge is -2.39. The average molecular weight is 907 g/mol. The van der Waals surface area contributed by atoms with E-state index < -0.39 is 29.5 Å². The number of aryl methyl sites for hydroxylation is 2. The molecule has 16 heteroatoms. The Bertz CT molecular complexity index is 2490. The molecule has 5 aromatic rings. The summed E-state index contributed by atoms with van der Waals surface area (Å²) in [5.41, 5.74) is 8.59. The maximum absolute atomic E-state index is 14.1. The van der Waals surface area contributed by atoms with Crippen LogP contribution in [0.5, 0.6) is 0 Å². The van der Waals surface area contributed by atoms with Crippen LogP contribution in [-0.2, 0) is 32.3 Å². The maximum atomic E-state index is 14.1. The molecular formula is C48H56ClN9O5S. The van der Waals surface area contributed by atoms with Gasteiger partial charge in [-0.05, 0) is 60.3 Å². The van der Waals surface area contributed by atoms with E-state index in [9.17, 15) is 24.3 Å². The van der Waals surface area contributed by atoms with Crippen molar-refractivity contribution in [3.63, 3.8) is 0 Å². The molecule has 2 aromatic carbocycles. The molecular weight excluding hydrogens is 850 g/mol. The SMILES string of the molecule is Cc1ncsc1-c1ccc(CNC(=O)[C@H]2C[C@@H](O)CN2C(=O)C(NC(=O)CCCn2cc(-c3ccc(-c4cncc(Cl)c4N4CCC5(CCNC5=O)CC4)cc3)cn2)C(C)(C)C)cc1. The van der Waals surface area contributed by atoms with E-state index >= 15 is 0 Å². The zero-order valence-corrected chi connectivity index (χ0v) is 38.3. The summed E-state index contributed by atoms with van der Waals surface area (Å²) in [5.74, 6) is -0.855. The van der Waals surface area contributed by atoms with Crippen LogP contribution in [0.1, 0.15) is 70.6 Å². The van der Waals surface area contributed by atoms with Gasteiger partial charge in [-0.2, -0.15) is 5.10 Å². The summed E-state index contributed by atoms with van der Waals surface area (Å²) in [4.78, 5) is 67.1. The van der Waals surface area contributed by atoms with Gasteiger partial charge in [-0.25, -0.2) is 4.98 Å². The number of hydrogen-bond donors (Lipinski definition) is 4. The van der Waals surface area contributed by atoms with Crippen LogP contribution in [-0.4, -0.2) is 97.8 Å². The first kappa shape index (κ1) is 44.9. The number of β-amino-alcohol motifs (C(OH)–C–C–N with tert-alkyl or cyclic N) is 1. The number of nitrogens with one attached hydrogen (secondary N) is 3. The minimum absolute atomic E-state index is 0.00685. The number of thiazole rings is 1. The maximum Gasteiger partial charge on any atom is 0.246 e. The number of aliphatic hydroxyl groups excluding tert-OH is 1. The molecule has 3 aromatic heterocycles. The Hall–Kier alpha value is -5.64. The van der Waals surface area contributed by atoms with Crippen LogP contribution >= 0.6 is 22.9 Å². The van der Waals surface area contributed by atoms with Gasteiger partial charge in [0.2, 0.25) is 23.6 Å². The molecule has 336 valence electrons. The molecule has 3 fully saturated rings. The van der Waals surface area contributed by atoms with Gasteiger partial charge in [-0.1, -0.05) is 80.9 Å². The van der Waals surface area contributed by atoms with Gasteiger partial charge in [0.15, 0.2) is 0 Å². The normalized spacial score (nSPS) is 18.9. The number of hydrogen-bond acceptors (Lipinski definition) is 10. The molecule has 8 rings (SSSR count). The first-order chi connectivity index (χ1) is 30.7. The Morgan fingerprint density at radius 1 is 0.984 bits per heavy atom. The highest BCUT2D eigenvalue weighted by molar-refractivity contribution is 7.13. The van der Waals surface area contributed by atoms with Crippen molar-refractivity contribution in [2.24, 2.45) is 10.8 Å². The van der Waals surface area contributed by atoms with Crippen LogP contribution in [0.25, 0.3) is 32.7 Å². The van der Waals surface area contributed by atoms with Crippen LogP contribution in [0.4, 0.5) is 5.69 Å². The molecule has 3 atom stereocenters. The van der Waals surface area contributed by atoms with E-state index in [0.29, 0.717) is 18.0 Å². The Balaban J connectivity index is 0.838. The number of piperidine rings is 1. The summed E-state index contributed by atoms with van der Waals surface area (Å²) in [6, 6.07) is 14.3. The number of halogens is 1. The lowest BCUT2D eigenvalue weighted by molar-refractivity contribution is -0.144. The quantitative estimate of drug-likeness (QED) is 0.104. The van der Waals surface area contributed by atoms with Crippen LogP contribution in [0.15, 0.2) is 78.8 Å². The minimum atomic E-state index is -0.909. The van der Waals surface area contributed by atoms with Crippen molar-refractivity contribution in [2.45, 2.75) is 97.5 Å². The molecule has 0 radical (unpaired) electrons. The van der Waals surface area contributed by atoms with E-state index in [-0.39, 0.29) is 49.1 Å². The molecule has 3 saturated heterocycles. The molecule has 4 N–H and O–H groups in total. The molecule has 1 spiro atoms. The van der Waals surface area contributed by atoms with Crippen molar-refractivity contribution in [1.82, 2.24) is 40.6 Å². The van der Waals surface area contributed by atoms with Gasteiger partial charge in [0.1, 0.15) is 12.1 Å². The summed E-state index contributed by atoms with van der Waals surface area (Å²) < 4.78 is 1.81. The van der Waals surface area contributed by atoms with Crippen LogP contribution in [0.3, 0.4) is 0 Å². The highest BCUT2D eigenvalue weighted by Crippen LogP contribution is 2.43. The number of rotatable bonds is 13. The van der Waals surface area contributed by atoms with E-state index in [0.717, 1.165) is 88.5 Å². The minimum Gasteiger partial charge on any atom is -0.391 e. The van der Waals surface area contributed by atoms with Crippen molar-refractivity contribution < 1.29 is 24.3 Å². The summed E-state index contributed by atoms with van der Waals surface area (Å²) >= 11 is 8.35. The van der Waals surface area contributed by atoms with E-state index in [1.807, 2.05) is 82.0 Å². The zero-order chi connectivity index (χ0) is 45.2. The van der Waals surface area contributed by atoms with Gasteiger partial charge in [-0.3, -0.25) is 28.8 Å². The molecule has 64 heavy (non-hydrogen) atoms. The molecule has 0 aliphatic carbocycles. The number of carbonyl (C=O) groups is 4. The fourth-order valence-electron chi connectivity index (χ4n) is 9.20. The average Bonchev–Trinajstić information content (AvgIpc) is 4.10. The summed E-state index contributed by atoms with van der Waals surface area (Å²) in [6.07, 6.45) is 9.65. The smallest absolute Gasteiger partial charge is 0.246 e. The van der Waals surface area contributed by atoms with Gasteiger partial charge in [0.05, 0.1) is 44.5 Å². The van der Waals surface area contributed by atoms with Crippen LogP contribution in [0, 0.1) is 17.8 Å². The Kier molecular flexibility index (Phi) is 13.2. The second-order valence-corrected chi connectivity index (χ2v) is 19.7. The van der Waals surface area contributed by atoms with Crippen molar-refractivity contribution in [1.29, 1.82) is 0 Å². The number of amides is 4. The molecule has 1 unspecified atom stereocenters. The number of nitrogens with zero attached hydrogens (tertiary/aromatic N) is 6. The van der Waals surface area contributed by atoms with Gasteiger partial charge >= 0.3 is 0 Å². The van der Waals surface area contributed by atoms with Crippen molar-refractivity contribution in [2.75, 3.05) is 31.1 Å². The monoisotopic (exact) mass is 905 g/mol. The van der Waals surface area contributed by atoms with Gasteiger partial charge < -0.3 is 30.9 Å². The number of carbonyl (C=O) groups excluding carboxylic acids is 4. The summed E-state index contributed by atoms with van der Waals surface area (Å²) in [5, 5.41) is 24.7. The van der Waals surface area contributed by atoms with E-state index in [1.54, 1.807) is 28.4 Å². The molecule has 14 nitrogen and oxygen atoms in total. The number of aliphatic hydroxyl groups is 1. The Labute approximate surface area is 382 Å². The number of benzene rings is 2. The largest absolute Gasteiger partial charge is 0.391 e. The summed E-state index contributed by atoms with van der Waals surface area (Å²) in [7, 11) is 0. The number of anilines is 1.